The monoisotopic (exact) mass is 266 g/mol. The molecule has 3 atom stereocenters. The van der Waals surface area contributed by atoms with Gasteiger partial charge in [0, 0.05) is 25.0 Å². The van der Waals surface area contributed by atoms with Crippen molar-refractivity contribution in [2.24, 2.45) is 5.92 Å². The van der Waals surface area contributed by atoms with Gasteiger partial charge in [-0.2, -0.15) is 0 Å². The molecule has 3 heteroatoms. The first-order valence-corrected chi connectivity index (χ1v) is 8.49. The Hall–Kier alpha value is -0.120. The van der Waals surface area contributed by atoms with Gasteiger partial charge in [-0.15, -0.1) is 0 Å². The van der Waals surface area contributed by atoms with Gasteiger partial charge in [-0.1, -0.05) is 12.8 Å². The first kappa shape index (κ1) is 13.8. The number of piperidine rings is 1. The first-order valence-electron chi connectivity index (χ1n) is 8.49. The van der Waals surface area contributed by atoms with Crippen molar-refractivity contribution in [2.45, 2.75) is 63.5 Å². The van der Waals surface area contributed by atoms with Crippen molar-refractivity contribution in [3.63, 3.8) is 0 Å². The second-order valence-corrected chi connectivity index (χ2v) is 6.81. The molecule has 2 saturated heterocycles. The molecule has 0 bridgehead atoms. The van der Waals surface area contributed by atoms with Crippen molar-refractivity contribution in [3.05, 3.63) is 0 Å². The van der Waals surface area contributed by atoms with Crippen LogP contribution < -0.4 is 0 Å². The van der Waals surface area contributed by atoms with Crippen LogP contribution >= 0.6 is 0 Å². The van der Waals surface area contributed by atoms with E-state index >= 15 is 0 Å². The number of aliphatic hydroxyl groups is 1. The molecule has 0 aromatic carbocycles. The lowest BCUT2D eigenvalue weighted by atomic mass is 9.88. The minimum atomic E-state index is -0.0163. The molecule has 19 heavy (non-hydrogen) atoms. The van der Waals surface area contributed by atoms with Gasteiger partial charge in [0.25, 0.3) is 0 Å². The molecule has 0 aromatic heterocycles. The zero-order valence-electron chi connectivity index (χ0n) is 12.3. The van der Waals surface area contributed by atoms with E-state index in [0.29, 0.717) is 12.0 Å². The van der Waals surface area contributed by atoms with Crippen LogP contribution in [0.25, 0.3) is 0 Å². The minimum Gasteiger partial charge on any atom is -0.393 e. The molecule has 2 aliphatic heterocycles. The van der Waals surface area contributed by atoms with Gasteiger partial charge in [0.1, 0.15) is 0 Å². The molecule has 0 aromatic rings. The molecule has 3 unspecified atom stereocenters. The van der Waals surface area contributed by atoms with Crippen LogP contribution in [0.4, 0.5) is 0 Å². The normalized spacial score (nSPS) is 38.1. The maximum Gasteiger partial charge on any atom is 0.0583 e. The maximum atomic E-state index is 10.2. The average molecular weight is 266 g/mol. The summed E-state index contributed by atoms with van der Waals surface area (Å²) in [4.78, 5) is 5.33. The molecule has 3 fully saturated rings. The van der Waals surface area contributed by atoms with Crippen molar-refractivity contribution in [1.29, 1.82) is 0 Å². The SMILES string of the molecule is OC1CCCC1C1CCCCN1CCN1CCCC1. The predicted molar refractivity (Wildman–Crippen MR) is 78.2 cm³/mol. The fraction of sp³-hybridized carbons (Fsp3) is 1.00. The van der Waals surface area contributed by atoms with Crippen molar-refractivity contribution in [2.75, 3.05) is 32.7 Å². The van der Waals surface area contributed by atoms with Crippen LogP contribution in [0.3, 0.4) is 0 Å². The molecule has 0 radical (unpaired) electrons. The largest absolute Gasteiger partial charge is 0.393 e. The lowest BCUT2D eigenvalue weighted by Crippen LogP contribution is -2.48. The summed E-state index contributed by atoms with van der Waals surface area (Å²) in [6, 6.07) is 0.675. The molecule has 3 nitrogen and oxygen atoms in total. The molecule has 1 aliphatic carbocycles. The maximum absolute atomic E-state index is 10.2. The molecule has 2 heterocycles. The van der Waals surface area contributed by atoms with Gasteiger partial charge in [-0.25, -0.2) is 0 Å². The fourth-order valence-electron chi connectivity index (χ4n) is 4.47. The van der Waals surface area contributed by atoms with Crippen molar-refractivity contribution in [1.82, 2.24) is 9.80 Å². The summed E-state index contributed by atoms with van der Waals surface area (Å²) in [5.41, 5.74) is 0. The topological polar surface area (TPSA) is 26.7 Å². The van der Waals surface area contributed by atoms with E-state index in [2.05, 4.69) is 9.80 Å². The third kappa shape index (κ3) is 3.32. The van der Waals surface area contributed by atoms with E-state index in [1.54, 1.807) is 0 Å². The quantitative estimate of drug-likeness (QED) is 0.844. The summed E-state index contributed by atoms with van der Waals surface area (Å²) in [5, 5.41) is 10.2. The second kappa shape index (κ2) is 6.55. The molecule has 0 amide bonds. The van der Waals surface area contributed by atoms with E-state index < -0.39 is 0 Å². The standard InChI is InChI=1S/C16H30N2O/c19-16-8-5-6-14(16)15-7-1-2-11-18(15)13-12-17-9-3-4-10-17/h14-16,19H,1-13H2. The highest BCUT2D eigenvalue weighted by atomic mass is 16.3. The van der Waals surface area contributed by atoms with Crippen molar-refractivity contribution in [3.8, 4) is 0 Å². The smallest absolute Gasteiger partial charge is 0.0583 e. The summed E-state index contributed by atoms with van der Waals surface area (Å²) < 4.78 is 0. The molecular formula is C16H30N2O. The lowest BCUT2D eigenvalue weighted by Gasteiger charge is -2.41. The fourth-order valence-corrected chi connectivity index (χ4v) is 4.47. The minimum absolute atomic E-state index is 0.0163. The van der Waals surface area contributed by atoms with Crippen molar-refractivity contribution < 1.29 is 5.11 Å². The number of nitrogens with zero attached hydrogens (tertiary/aromatic N) is 2. The van der Waals surface area contributed by atoms with Crippen LogP contribution in [0.2, 0.25) is 0 Å². The molecule has 1 saturated carbocycles. The van der Waals surface area contributed by atoms with E-state index in [0.717, 1.165) is 6.42 Å². The van der Waals surface area contributed by atoms with Crippen LogP contribution in [-0.2, 0) is 0 Å². The van der Waals surface area contributed by atoms with Crippen molar-refractivity contribution >= 4 is 0 Å². The number of rotatable bonds is 4. The lowest BCUT2D eigenvalue weighted by molar-refractivity contribution is 0.0317. The Balaban J connectivity index is 1.54. The molecular weight excluding hydrogens is 236 g/mol. The summed E-state index contributed by atoms with van der Waals surface area (Å²) in [5.74, 6) is 0.568. The Morgan fingerprint density at radius 2 is 1.58 bits per heavy atom. The van der Waals surface area contributed by atoms with Gasteiger partial charge in [0.05, 0.1) is 6.10 Å². The Kier molecular flexibility index (Phi) is 4.78. The molecule has 1 N–H and O–H groups in total. The molecule has 3 aliphatic rings. The van der Waals surface area contributed by atoms with E-state index in [1.165, 1.54) is 77.7 Å². The van der Waals surface area contributed by atoms with Crippen LogP contribution in [0.5, 0.6) is 0 Å². The van der Waals surface area contributed by atoms with E-state index in [4.69, 9.17) is 0 Å². The van der Waals surface area contributed by atoms with Crippen LogP contribution in [-0.4, -0.2) is 59.8 Å². The predicted octanol–water partition coefficient (Wildman–Crippen LogP) is 2.10. The number of hydrogen-bond acceptors (Lipinski definition) is 3. The van der Waals surface area contributed by atoms with Gasteiger partial charge >= 0.3 is 0 Å². The second-order valence-electron chi connectivity index (χ2n) is 6.81. The average Bonchev–Trinajstić information content (AvgIpc) is 3.08. The molecule has 3 rings (SSSR count). The highest BCUT2D eigenvalue weighted by Crippen LogP contribution is 2.35. The van der Waals surface area contributed by atoms with Crippen LogP contribution in [0, 0.1) is 5.92 Å². The Labute approximate surface area is 118 Å². The zero-order chi connectivity index (χ0) is 13.1. The van der Waals surface area contributed by atoms with Crippen LogP contribution in [0.15, 0.2) is 0 Å². The number of aliphatic hydroxyl groups excluding tert-OH is 1. The van der Waals surface area contributed by atoms with E-state index in [-0.39, 0.29) is 6.10 Å². The van der Waals surface area contributed by atoms with Gasteiger partial charge in [0.15, 0.2) is 0 Å². The highest BCUT2D eigenvalue weighted by molar-refractivity contribution is 4.90. The highest BCUT2D eigenvalue weighted by Gasteiger charge is 2.36. The van der Waals surface area contributed by atoms with E-state index in [1.807, 2.05) is 0 Å². The number of likely N-dealkylation sites (tertiary alicyclic amines) is 2. The number of hydrogen-bond donors (Lipinski definition) is 1. The van der Waals surface area contributed by atoms with E-state index in [9.17, 15) is 5.11 Å². The first-order chi connectivity index (χ1) is 9.34. The van der Waals surface area contributed by atoms with Gasteiger partial charge in [-0.05, 0) is 58.2 Å². The third-order valence-electron chi connectivity index (χ3n) is 5.59. The summed E-state index contributed by atoms with van der Waals surface area (Å²) in [6.45, 7) is 6.37. The molecule has 0 spiro atoms. The Morgan fingerprint density at radius 1 is 0.789 bits per heavy atom. The van der Waals surface area contributed by atoms with Gasteiger partial charge in [0.2, 0.25) is 0 Å². The van der Waals surface area contributed by atoms with Crippen LogP contribution in [0.1, 0.15) is 51.4 Å². The summed E-state index contributed by atoms with van der Waals surface area (Å²) >= 11 is 0. The summed E-state index contributed by atoms with van der Waals surface area (Å²) in [7, 11) is 0. The van der Waals surface area contributed by atoms with Gasteiger partial charge < -0.3 is 10.0 Å². The Bertz CT molecular complexity index is 278. The molecule has 110 valence electrons. The Morgan fingerprint density at radius 3 is 2.32 bits per heavy atom. The zero-order valence-corrected chi connectivity index (χ0v) is 12.3. The summed E-state index contributed by atoms with van der Waals surface area (Å²) in [6.07, 6.45) is 10.4. The third-order valence-corrected chi connectivity index (χ3v) is 5.59. The van der Waals surface area contributed by atoms with Gasteiger partial charge in [-0.3, -0.25) is 4.90 Å².